The van der Waals surface area contributed by atoms with Crippen LogP contribution in [0.4, 0.5) is 10.2 Å². The van der Waals surface area contributed by atoms with Crippen LogP contribution >= 0.6 is 11.6 Å². The van der Waals surface area contributed by atoms with Gasteiger partial charge in [-0.25, -0.2) is 28.7 Å². The lowest BCUT2D eigenvalue weighted by atomic mass is 10.1. The van der Waals surface area contributed by atoms with E-state index in [1.807, 2.05) is 25.7 Å². The maximum absolute atomic E-state index is 15.0. The molecule has 1 atom stereocenters. The van der Waals surface area contributed by atoms with Gasteiger partial charge in [-0.15, -0.1) is 0 Å². The van der Waals surface area contributed by atoms with Gasteiger partial charge in [0.25, 0.3) is 0 Å². The first-order valence-electron chi connectivity index (χ1n) is 14.2. The lowest BCUT2D eigenvalue weighted by molar-refractivity contribution is -0.126. The second-order valence-electron chi connectivity index (χ2n) is 10.4. The number of halogens is 2. The molecule has 0 N–H and O–H groups in total. The van der Waals surface area contributed by atoms with E-state index in [-0.39, 0.29) is 33.9 Å². The lowest BCUT2D eigenvalue weighted by Crippen LogP contribution is -2.54. The number of fused-ring (bicyclic) bond motifs is 1. The molecule has 42 heavy (non-hydrogen) atoms. The molecule has 5 rings (SSSR count). The largest absolute Gasteiger partial charge is 0.355 e. The number of piperazine rings is 1. The highest BCUT2D eigenvalue weighted by Gasteiger charge is 2.30. The Morgan fingerprint density at radius 1 is 1.12 bits per heavy atom. The van der Waals surface area contributed by atoms with E-state index in [9.17, 15) is 14.0 Å². The van der Waals surface area contributed by atoms with Crippen molar-refractivity contribution in [1.82, 2.24) is 29.4 Å². The van der Waals surface area contributed by atoms with E-state index < -0.39 is 11.5 Å². The molecule has 3 aromatic heterocycles. The molecule has 1 aliphatic rings. The second-order valence-corrected chi connectivity index (χ2v) is 10.8. The van der Waals surface area contributed by atoms with Crippen molar-refractivity contribution in [3.8, 4) is 16.9 Å². The summed E-state index contributed by atoms with van der Waals surface area (Å²) in [7, 11) is 0. The Kier molecular flexibility index (Phi) is 8.63. The van der Waals surface area contributed by atoms with Gasteiger partial charge in [-0.2, -0.15) is 4.98 Å². The van der Waals surface area contributed by atoms with Crippen molar-refractivity contribution < 1.29 is 9.18 Å². The Hall–Kier alpha value is -4.18. The smallest absolute Gasteiger partial charge is 0.350 e. The number of benzene rings is 1. The molecule has 1 fully saturated rings. The maximum Gasteiger partial charge on any atom is 0.355 e. The van der Waals surface area contributed by atoms with Crippen molar-refractivity contribution in [2.24, 2.45) is 0 Å². The van der Waals surface area contributed by atoms with Gasteiger partial charge in [0, 0.05) is 31.2 Å². The minimum atomic E-state index is -0.548. The summed E-state index contributed by atoms with van der Waals surface area (Å²) in [5.74, 6) is -0.220. The number of carbonyl (C=O) groups excluding carboxylic acids is 1. The van der Waals surface area contributed by atoms with Crippen LogP contribution in [0, 0.1) is 5.82 Å². The SMILES string of the molecule is C=CC(=O)N1CCN(c2nc(=O)n(-c3c(CCC)ncnc3CCC)c3nc(-c4ccccc4F)c(Cl)cc23)[C@@H](C)C1. The predicted molar refractivity (Wildman–Crippen MR) is 163 cm³/mol. The third kappa shape index (κ3) is 5.38. The fourth-order valence-electron chi connectivity index (χ4n) is 5.52. The molecule has 1 amide bonds. The Bertz CT molecular complexity index is 1700. The zero-order valence-corrected chi connectivity index (χ0v) is 24.7. The molecular formula is C31H33ClFN7O2. The van der Waals surface area contributed by atoms with Crippen LogP contribution in [-0.2, 0) is 17.6 Å². The van der Waals surface area contributed by atoms with E-state index in [2.05, 4.69) is 21.5 Å². The topological polar surface area (TPSA) is 97.1 Å². The van der Waals surface area contributed by atoms with Crippen molar-refractivity contribution in [2.75, 3.05) is 24.5 Å². The van der Waals surface area contributed by atoms with E-state index in [1.165, 1.54) is 23.0 Å². The van der Waals surface area contributed by atoms with Gasteiger partial charge < -0.3 is 9.80 Å². The van der Waals surface area contributed by atoms with Crippen molar-refractivity contribution >= 4 is 34.4 Å². The third-order valence-corrected chi connectivity index (χ3v) is 7.78. The molecule has 1 saturated heterocycles. The van der Waals surface area contributed by atoms with Gasteiger partial charge in [-0.3, -0.25) is 4.79 Å². The van der Waals surface area contributed by atoms with E-state index in [0.717, 1.165) is 12.8 Å². The number of rotatable bonds is 8. The van der Waals surface area contributed by atoms with Crippen LogP contribution in [0.1, 0.15) is 45.0 Å². The van der Waals surface area contributed by atoms with Gasteiger partial charge in [0.1, 0.15) is 18.0 Å². The molecular weight excluding hydrogens is 557 g/mol. The molecule has 1 aromatic carbocycles. The number of aromatic nitrogens is 5. The molecule has 0 aliphatic carbocycles. The van der Waals surface area contributed by atoms with E-state index >= 15 is 0 Å². The van der Waals surface area contributed by atoms with Gasteiger partial charge in [-0.05, 0) is 44.0 Å². The fourth-order valence-corrected chi connectivity index (χ4v) is 5.78. The number of nitrogens with zero attached hydrogens (tertiary/aromatic N) is 7. The first kappa shape index (κ1) is 29.3. The molecule has 4 aromatic rings. The number of hydrogen-bond donors (Lipinski definition) is 0. The number of pyridine rings is 1. The van der Waals surface area contributed by atoms with Crippen LogP contribution in [-0.4, -0.2) is 61.0 Å². The molecule has 1 aliphatic heterocycles. The van der Waals surface area contributed by atoms with Gasteiger partial charge in [0.15, 0.2) is 5.65 Å². The maximum atomic E-state index is 15.0. The number of carbonyl (C=O) groups is 1. The standard InChI is InChI=1S/C31H33ClFN7O2/c1-5-10-24-28(25(11-6-2)35-18-34-24)40-30-21(16-22(32)27(36-30)20-12-8-9-13-23(20)33)29(37-31(40)42)39-15-14-38(17-19(39)4)26(41)7-3/h7-9,12-13,16,18-19H,3,5-6,10-11,14-15,17H2,1-2,4H3/t19-/m0/s1. The first-order chi connectivity index (χ1) is 20.3. The number of hydrogen-bond acceptors (Lipinski definition) is 7. The number of amides is 1. The number of anilines is 1. The van der Waals surface area contributed by atoms with Crippen molar-refractivity contribution in [2.45, 2.75) is 52.5 Å². The molecule has 0 radical (unpaired) electrons. The Morgan fingerprint density at radius 2 is 1.81 bits per heavy atom. The molecule has 0 spiro atoms. The number of aryl methyl sites for hydroxylation is 2. The highest BCUT2D eigenvalue weighted by molar-refractivity contribution is 6.33. The third-order valence-electron chi connectivity index (χ3n) is 7.49. The minimum absolute atomic E-state index is 0.148. The van der Waals surface area contributed by atoms with Crippen molar-refractivity contribution in [3.63, 3.8) is 0 Å². The van der Waals surface area contributed by atoms with Crippen molar-refractivity contribution in [1.29, 1.82) is 0 Å². The summed E-state index contributed by atoms with van der Waals surface area (Å²) < 4.78 is 16.4. The first-order valence-corrected chi connectivity index (χ1v) is 14.6. The summed E-state index contributed by atoms with van der Waals surface area (Å²) in [6.45, 7) is 11.0. The monoisotopic (exact) mass is 589 g/mol. The highest BCUT2D eigenvalue weighted by atomic mass is 35.5. The Labute approximate surface area is 248 Å². The van der Waals surface area contributed by atoms with Gasteiger partial charge in [0.05, 0.1) is 33.2 Å². The summed E-state index contributed by atoms with van der Waals surface area (Å²) in [4.78, 5) is 48.6. The molecule has 0 bridgehead atoms. The summed E-state index contributed by atoms with van der Waals surface area (Å²) in [6, 6.07) is 7.79. The van der Waals surface area contributed by atoms with Crippen LogP contribution in [0.25, 0.3) is 28.0 Å². The average molecular weight is 590 g/mol. The van der Waals surface area contributed by atoms with E-state index in [0.29, 0.717) is 60.8 Å². The normalized spacial score (nSPS) is 15.3. The zero-order chi connectivity index (χ0) is 30.0. The van der Waals surface area contributed by atoms with Crippen molar-refractivity contribution in [3.05, 3.63) is 82.0 Å². The molecule has 11 heteroatoms. The van der Waals surface area contributed by atoms with E-state index in [4.69, 9.17) is 16.6 Å². The zero-order valence-electron chi connectivity index (χ0n) is 24.0. The average Bonchev–Trinajstić information content (AvgIpc) is 2.98. The van der Waals surface area contributed by atoms with Crippen LogP contribution < -0.4 is 10.6 Å². The van der Waals surface area contributed by atoms with Gasteiger partial charge >= 0.3 is 5.69 Å². The summed E-state index contributed by atoms with van der Waals surface area (Å²) >= 11 is 6.79. The molecule has 4 heterocycles. The van der Waals surface area contributed by atoms with Crippen LogP contribution in [0.5, 0.6) is 0 Å². The minimum Gasteiger partial charge on any atom is -0.350 e. The molecule has 0 saturated carbocycles. The predicted octanol–water partition coefficient (Wildman–Crippen LogP) is 5.16. The van der Waals surface area contributed by atoms with Gasteiger partial charge in [-0.1, -0.05) is 57.0 Å². The molecule has 218 valence electrons. The molecule has 9 nitrogen and oxygen atoms in total. The second kappa shape index (κ2) is 12.4. The Balaban J connectivity index is 1.82. The fraction of sp³-hybridized carbons (Fsp3) is 0.355. The lowest BCUT2D eigenvalue weighted by Gasteiger charge is -2.40. The van der Waals surface area contributed by atoms with Crippen LogP contribution in [0.2, 0.25) is 5.02 Å². The quantitative estimate of drug-likeness (QED) is 0.262. The molecule has 0 unspecified atom stereocenters. The summed E-state index contributed by atoms with van der Waals surface area (Å²) in [5.41, 5.74) is 2.15. The summed E-state index contributed by atoms with van der Waals surface area (Å²) in [5, 5.41) is 0.754. The van der Waals surface area contributed by atoms with Crippen LogP contribution in [0.3, 0.4) is 0 Å². The van der Waals surface area contributed by atoms with Crippen LogP contribution in [0.15, 0.2) is 54.1 Å². The highest BCUT2D eigenvalue weighted by Crippen LogP contribution is 2.35. The van der Waals surface area contributed by atoms with E-state index in [1.54, 1.807) is 29.2 Å². The summed E-state index contributed by atoms with van der Waals surface area (Å²) in [6.07, 6.45) is 5.67. The Morgan fingerprint density at radius 3 is 2.43 bits per heavy atom. The van der Waals surface area contributed by atoms with Gasteiger partial charge in [0.2, 0.25) is 5.91 Å².